The van der Waals surface area contributed by atoms with E-state index >= 15 is 0 Å². The van der Waals surface area contributed by atoms with Crippen molar-refractivity contribution in [1.29, 1.82) is 0 Å². The number of hydrogen-bond acceptors (Lipinski definition) is 3. The normalized spacial score (nSPS) is 14.5. The van der Waals surface area contributed by atoms with Gasteiger partial charge in [-0.05, 0) is 26.8 Å². The molecule has 0 radical (unpaired) electrons. The number of carbonyl (C=O) groups is 1. The fourth-order valence-electron chi connectivity index (χ4n) is 2.04. The summed E-state index contributed by atoms with van der Waals surface area (Å²) in [5, 5.41) is 9.30. The van der Waals surface area contributed by atoms with Gasteiger partial charge in [0.15, 0.2) is 5.78 Å². The lowest BCUT2D eigenvalue weighted by Crippen LogP contribution is -2.39. The summed E-state index contributed by atoms with van der Waals surface area (Å²) in [6.07, 6.45) is 1.15. The van der Waals surface area contributed by atoms with E-state index in [0.717, 1.165) is 18.5 Å². The Balaban J connectivity index is 2.68. The van der Waals surface area contributed by atoms with Crippen molar-refractivity contribution in [2.45, 2.75) is 38.8 Å². The predicted molar refractivity (Wildman–Crippen MR) is 73.8 cm³/mol. The van der Waals surface area contributed by atoms with Gasteiger partial charge >= 0.3 is 0 Å². The topological polar surface area (TPSA) is 40.5 Å². The van der Waals surface area contributed by atoms with Crippen LogP contribution < -0.4 is 0 Å². The molecule has 3 heteroatoms. The summed E-state index contributed by atoms with van der Waals surface area (Å²) in [7, 11) is 1.94. The molecule has 1 aromatic rings. The molecule has 0 aliphatic rings. The maximum absolute atomic E-state index is 12.4. The first-order chi connectivity index (χ1) is 8.56. The van der Waals surface area contributed by atoms with E-state index in [1.807, 2.05) is 49.2 Å². The molecular weight excluding hydrogens is 226 g/mol. The standard InChI is InChI=1S/C15H23NO2/c1-4-14(16(3)11-10-12(2)17)15(18)13-8-6-5-7-9-13/h5-9,12,14,17H,4,10-11H2,1-3H3. The molecule has 0 fully saturated rings. The second-order valence-electron chi connectivity index (χ2n) is 4.77. The molecule has 3 nitrogen and oxygen atoms in total. The Morgan fingerprint density at radius 1 is 1.33 bits per heavy atom. The molecule has 2 atom stereocenters. The first-order valence-corrected chi connectivity index (χ1v) is 6.53. The Labute approximate surface area is 109 Å². The average molecular weight is 249 g/mol. The van der Waals surface area contributed by atoms with Crippen molar-refractivity contribution < 1.29 is 9.90 Å². The molecule has 2 unspecified atom stereocenters. The van der Waals surface area contributed by atoms with Gasteiger partial charge in [0.05, 0.1) is 12.1 Å². The molecule has 1 aromatic carbocycles. The molecule has 0 heterocycles. The number of likely N-dealkylation sites (N-methyl/N-ethyl adjacent to an activating group) is 1. The second-order valence-corrected chi connectivity index (χ2v) is 4.77. The van der Waals surface area contributed by atoms with Crippen molar-refractivity contribution in [3.05, 3.63) is 35.9 Å². The van der Waals surface area contributed by atoms with Crippen molar-refractivity contribution in [1.82, 2.24) is 4.90 Å². The van der Waals surface area contributed by atoms with E-state index in [-0.39, 0.29) is 17.9 Å². The first-order valence-electron chi connectivity index (χ1n) is 6.53. The lowest BCUT2D eigenvalue weighted by molar-refractivity contribution is 0.0818. The van der Waals surface area contributed by atoms with Crippen LogP contribution in [0.15, 0.2) is 30.3 Å². The summed E-state index contributed by atoms with van der Waals surface area (Å²) < 4.78 is 0. The molecule has 0 saturated heterocycles. The average Bonchev–Trinajstić information content (AvgIpc) is 2.38. The highest BCUT2D eigenvalue weighted by molar-refractivity contribution is 6.00. The van der Waals surface area contributed by atoms with E-state index < -0.39 is 0 Å². The molecule has 0 spiro atoms. The van der Waals surface area contributed by atoms with Gasteiger partial charge in [0, 0.05) is 12.1 Å². The molecule has 0 aliphatic carbocycles. The number of carbonyl (C=O) groups excluding carboxylic acids is 1. The lowest BCUT2D eigenvalue weighted by atomic mass is 10.0. The summed E-state index contributed by atoms with van der Waals surface area (Å²) in [5.41, 5.74) is 0.758. The van der Waals surface area contributed by atoms with Crippen molar-refractivity contribution >= 4 is 5.78 Å². The number of ketones is 1. The smallest absolute Gasteiger partial charge is 0.179 e. The number of nitrogens with zero attached hydrogens (tertiary/aromatic N) is 1. The van der Waals surface area contributed by atoms with E-state index in [0.29, 0.717) is 6.42 Å². The van der Waals surface area contributed by atoms with Crippen LogP contribution >= 0.6 is 0 Å². The fraction of sp³-hybridized carbons (Fsp3) is 0.533. The monoisotopic (exact) mass is 249 g/mol. The van der Waals surface area contributed by atoms with Crippen molar-refractivity contribution in [2.75, 3.05) is 13.6 Å². The van der Waals surface area contributed by atoms with Crippen LogP contribution in [0.1, 0.15) is 37.0 Å². The highest BCUT2D eigenvalue weighted by Gasteiger charge is 2.22. The van der Waals surface area contributed by atoms with Gasteiger partial charge in [-0.1, -0.05) is 37.3 Å². The number of Topliss-reactive ketones (excluding diaryl/α,β-unsaturated/α-hetero) is 1. The number of rotatable bonds is 7. The minimum Gasteiger partial charge on any atom is -0.393 e. The SMILES string of the molecule is CCC(C(=O)c1ccccc1)N(C)CCC(C)O. The number of aliphatic hydroxyl groups excluding tert-OH is 1. The van der Waals surface area contributed by atoms with Gasteiger partial charge in [-0.3, -0.25) is 9.69 Å². The van der Waals surface area contributed by atoms with Crippen LogP contribution in [0.4, 0.5) is 0 Å². The second kappa shape index (κ2) is 7.29. The van der Waals surface area contributed by atoms with Gasteiger partial charge in [0.25, 0.3) is 0 Å². The lowest BCUT2D eigenvalue weighted by Gasteiger charge is -2.26. The molecule has 100 valence electrons. The fourth-order valence-corrected chi connectivity index (χ4v) is 2.04. The summed E-state index contributed by atoms with van der Waals surface area (Å²) in [6, 6.07) is 9.28. The van der Waals surface area contributed by atoms with Crippen molar-refractivity contribution in [2.24, 2.45) is 0 Å². The first kappa shape index (κ1) is 14.9. The Morgan fingerprint density at radius 2 is 1.94 bits per heavy atom. The van der Waals surface area contributed by atoms with Gasteiger partial charge in [-0.15, -0.1) is 0 Å². The van der Waals surface area contributed by atoms with Gasteiger partial charge in [0.1, 0.15) is 0 Å². The Bertz CT molecular complexity index is 362. The number of benzene rings is 1. The zero-order valence-corrected chi connectivity index (χ0v) is 11.5. The third-order valence-electron chi connectivity index (χ3n) is 3.18. The maximum Gasteiger partial charge on any atom is 0.179 e. The molecule has 0 saturated carbocycles. The van der Waals surface area contributed by atoms with E-state index in [1.165, 1.54) is 0 Å². The van der Waals surface area contributed by atoms with Crippen LogP contribution in [0.2, 0.25) is 0 Å². The third kappa shape index (κ3) is 4.24. The minimum absolute atomic E-state index is 0.105. The summed E-state index contributed by atoms with van der Waals surface area (Å²) in [5.74, 6) is 0.159. The third-order valence-corrected chi connectivity index (χ3v) is 3.18. The van der Waals surface area contributed by atoms with Crippen LogP contribution in [-0.2, 0) is 0 Å². The molecule has 1 rings (SSSR count). The van der Waals surface area contributed by atoms with E-state index in [1.54, 1.807) is 6.92 Å². The molecular formula is C15H23NO2. The van der Waals surface area contributed by atoms with Gasteiger partial charge in [0.2, 0.25) is 0 Å². The van der Waals surface area contributed by atoms with Gasteiger partial charge in [-0.25, -0.2) is 0 Å². The minimum atomic E-state index is -0.322. The zero-order valence-electron chi connectivity index (χ0n) is 11.5. The van der Waals surface area contributed by atoms with Gasteiger partial charge in [-0.2, -0.15) is 0 Å². The van der Waals surface area contributed by atoms with Crippen LogP contribution in [0, 0.1) is 0 Å². The Hall–Kier alpha value is -1.19. The Morgan fingerprint density at radius 3 is 2.44 bits per heavy atom. The number of hydrogen-bond donors (Lipinski definition) is 1. The number of aliphatic hydroxyl groups is 1. The maximum atomic E-state index is 12.4. The quantitative estimate of drug-likeness (QED) is 0.754. The molecule has 0 amide bonds. The van der Waals surface area contributed by atoms with Crippen LogP contribution in [-0.4, -0.2) is 41.5 Å². The van der Waals surface area contributed by atoms with Gasteiger partial charge < -0.3 is 5.11 Å². The summed E-state index contributed by atoms with van der Waals surface area (Å²) in [4.78, 5) is 14.4. The molecule has 1 N–H and O–H groups in total. The van der Waals surface area contributed by atoms with Crippen LogP contribution in [0.5, 0.6) is 0 Å². The zero-order chi connectivity index (χ0) is 13.5. The highest BCUT2D eigenvalue weighted by Crippen LogP contribution is 2.12. The van der Waals surface area contributed by atoms with Crippen molar-refractivity contribution in [3.8, 4) is 0 Å². The summed E-state index contributed by atoms with van der Waals surface area (Å²) in [6.45, 7) is 4.52. The van der Waals surface area contributed by atoms with E-state index in [9.17, 15) is 9.90 Å². The van der Waals surface area contributed by atoms with Crippen LogP contribution in [0.3, 0.4) is 0 Å². The van der Waals surface area contributed by atoms with E-state index in [2.05, 4.69) is 0 Å². The van der Waals surface area contributed by atoms with E-state index in [4.69, 9.17) is 0 Å². The molecule has 0 aliphatic heterocycles. The predicted octanol–water partition coefficient (Wildman–Crippen LogP) is 2.35. The van der Waals surface area contributed by atoms with Crippen LogP contribution in [0.25, 0.3) is 0 Å². The van der Waals surface area contributed by atoms with Crippen molar-refractivity contribution in [3.63, 3.8) is 0 Å². The summed E-state index contributed by atoms with van der Waals surface area (Å²) >= 11 is 0. The molecule has 18 heavy (non-hydrogen) atoms. The Kier molecular flexibility index (Phi) is 6.02. The largest absolute Gasteiger partial charge is 0.393 e. The molecule has 0 bridgehead atoms. The highest BCUT2D eigenvalue weighted by atomic mass is 16.3. The molecule has 0 aromatic heterocycles.